The molecule has 28 heavy (non-hydrogen) atoms. The monoisotopic (exact) mass is 383 g/mol. The number of anilines is 2. The predicted molar refractivity (Wildman–Crippen MR) is 111 cm³/mol. The number of hydrogen-bond acceptors (Lipinski definition) is 5. The first-order chi connectivity index (χ1) is 13.7. The fraction of sp³-hybridized carbons (Fsp3) is 0.500. The first kappa shape index (κ1) is 19.0. The van der Waals surface area contributed by atoms with E-state index in [4.69, 9.17) is 9.47 Å². The van der Waals surface area contributed by atoms with Crippen LogP contribution in [-0.4, -0.2) is 57.1 Å². The van der Waals surface area contributed by atoms with Gasteiger partial charge >= 0.3 is 0 Å². The van der Waals surface area contributed by atoms with Crippen molar-refractivity contribution < 1.29 is 9.47 Å². The summed E-state index contributed by atoms with van der Waals surface area (Å²) in [6.45, 7) is 3.95. The van der Waals surface area contributed by atoms with Crippen molar-refractivity contribution in [1.29, 1.82) is 0 Å². The second-order valence-corrected chi connectivity index (χ2v) is 7.55. The molecule has 0 saturated carbocycles. The van der Waals surface area contributed by atoms with E-state index >= 15 is 0 Å². The molecular weight excluding hydrogens is 354 g/mol. The number of benzene rings is 1. The van der Waals surface area contributed by atoms with Gasteiger partial charge < -0.3 is 24.3 Å². The van der Waals surface area contributed by atoms with Gasteiger partial charge in [-0.15, -0.1) is 0 Å². The highest BCUT2D eigenvalue weighted by molar-refractivity contribution is 5.56. The Hall–Kier alpha value is -2.31. The van der Waals surface area contributed by atoms with Gasteiger partial charge in [-0.3, -0.25) is 4.79 Å². The molecule has 6 nitrogen and oxygen atoms in total. The molecule has 2 saturated heterocycles. The maximum absolute atomic E-state index is 12.4. The van der Waals surface area contributed by atoms with Gasteiger partial charge in [0.05, 0.1) is 25.4 Å². The van der Waals surface area contributed by atoms with Crippen LogP contribution >= 0.6 is 0 Å². The van der Waals surface area contributed by atoms with E-state index in [9.17, 15) is 4.79 Å². The number of piperidine rings is 1. The summed E-state index contributed by atoms with van der Waals surface area (Å²) < 4.78 is 11.3. The second-order valence-electron chi connectivity index (χ2n) is 7.55. The molecule has 0 unspecified atom stereocenters. The number of nitrogens with one attached hydrogen (secondary N) is 1. The molecule has 2 aliphatic heterocycles. The highest BCUT2D eigenvalue weighted by Crippen LogP contribution is 2.29. The van der Waals surface area contributed by atoms with Gasteiger partial charge in [-0.25, -0.2) is 0 Å². The van der Waals surface area contributed by atoms with E-state index in [-0.39, 0.29) is 17.7 Å². The van der Waals surface area contributed by atoms with Gasteiger partial charge in [0.25, 0.3) is 5.56 Å². The summed E-state index contributed by atoms with van der Waals surface area (Å²) in [7, 11) is 1.79. The van der Waals surface area contributed by atoms with E-state index in [1.54, 1.807) is 13.2 Å². The van der Waals surface area contributed by atoms with Crippen LogP contribution in [0.3, 0.4) is 0 Å². The van der Waals surface area contributed by atoms with Gasteiger partial charge in [0.1, 0.15) is 5.82 Å². The minimum Gasteiger partial charge on any atom is -0.379 e. The van der Waals surface area contributed by atoms with Crippen molar-refractivity contribution in [2.45, 2.75) is 31.4 Å². The van der Waals surface area contributed by atoms with Crippen LogP contribution in [0.4, 0.5) is 11.5 Å². The van der Waals surface area contributed by atoms with Crippen molar-refractivity contribution >= 4 is 11.5 Å². The lowest BCUT2D eigenvalue weighted by atomic mass is 9.92. The van der Waals surface area contributed by atoms with E-state index in [0.29, 0.717) is 13.2 Å². The smallest absolute Gasteiger partial charge is 0.251 e. The SMILES string of the molecule is CO[C@H]1CCCN(c2cc(N3CCOCC3)cc(=O)[nH]2)[C@H]1Cc1ccccc1. The Morgan fingerprint density at radius 1 is 1.14 bits per heavy atom. The number of H-pyrrole nitrogens is 1. The molecule has 6 heteroatoms. The van der Waals surface area contributed by atoms with Crippen LogP contribution < -0.4 is 15.4 Å². The fourth-order valence-corrected chi connectivity index (χ4v) is 4.37. The first-order valence-corrected chi connectivity index (χ1v) is 10.1. The lowest BCUT2D eigenvalue weighted by Crippen LogP contribution is -2.51. The molecule has 1 N–H and O–H groups in total. The van der Waals surface area contributed by atoms with Gasteiger partial charge in [-0.1, -0.05) is 30.3 Å². The zero-order valence-electron chi connectivity index (χ0n) is 16.5. The molecular formula is C22H29N3O3. The highest BCUT2D eigenvalue weighted by atomic mass is 16.5. The van der Waals surface area contributed by atoms with Crippen molar-refractivity contribution in [3.8, 4) is 0 Å². The molecule has 0 aliphatic carbocycles. The topological polar surface area (TPSA) is 57.8 Å². The van der Waals surface area contributed by atoms with Crippen molar-refractivity contribution in [2.75, 3.05) is 49.8 Å². The fourth-order valence-electron chi connectivity index (χ4n) is 4.37. The number of morpholine rings is 1. The molecule has 0 spiro atoms. The number of ether oxygens (including phenoxy) is 2. The maximum atomic E-state index is 12.4. The van der Waals surface area contributed by atoms with Crippen LogP contribution in [0.1, 0.15) is 18.4 Å². The highest BCUT2D eigenvalue weighted by Gasteiger charge is 2.32. The summed E-state index contributed by atoms with van der Waals surface area (Å²) in [6, 6.07) is 14.5. The Morgan fingerprint density at radius 3 is 2.68 bits per heavy atom. The number of pyridine rings is 1. The lowest BCUT2D eigenvalue weighted by molar-refractivity contribution is 0.0573. The van der Waals surface area contributed by atoms with Crippen molar-refractivity contribution in [2.24, 2.45) is 0 Å². The number of aromatic amines is 1. The summed E-state index contributed by atoms with van der Waals surface area (Å²) in [4.78, 5) is 20.1. The molecule has 3 heterocycles. The van der Waals surface area contributed by atoms with Gasteiger partial charge in [0.15, 0.2) is 0 Å². The summed E-state index contributed by atoms with van der Waals surface area (Å²) in [6.07, 6.45) is 3.12. The Bertz CT molecular complexity index is 817. The van der Waals surface area contributed by atoms with Crippen LogP contribution in [0.2, 0.25) is 0 Å². The minimum atomic E-state index is -0.0583. The molecule has 2 atom stereocenters. The van der Waals surface area contributed by atoms with Crippen molar-refractivity contribution in [1.82, 2.24) is 4.98 Å². The number of methoxy groups -OCH3 is 1. The van der Waals surface area contributed by atoms with Crippen LogP contribution in [0, 0.1) is 0 Å². The molecule has 1 aromatic carbocycles. The standard InChI is InChI=1S/C22H29N3O3/c1-27-20-8-5-9-25(19(20)14-17-6-3-2-4-7-17)21-15-18(16-22(26)23-21)24-10-12-28-13-11-24/h2-4,6-7,15-16,19-20H,5,8-14H2,1H3,(H,23,26)/t19-,20-/m0/s1. The van der Waals surface area contributed by atoms with Gasteiger partial charge in [0.2, 0.25) is 0 Å². The Labute approximate surface area is 166 Å². The molecule has 0 bridgehead atoms. The number of rotatable bonds is 5. The first-order valence-electron chi connectivity index (χ1n) is 10.1. The van der Waals surface area contributed by atoms with E-state index < -0.39 is 0 Å². The molecule has 2 fully saturated rings. The average molecular weight is 383 g/mol. The van der Waals surface area contributed by atoms with Gasteiger partial charge in [-0.2, -0.15) is 0 Å². The molecule has 1 aromatic heterocycles. The Morgan fingerprint density at radius 2 is 1.93 bits per heavy atom. The molecule has 150 valence electrons. The summed E-state index contributed by atoms with van der Waals surface area (Å²) in [5, 5.41) is 0. The number of nitrogens with zero attached hydrogens (tertiary/aromatic N) is 2. The summed E-state index contributed by atoms with van der Waals surface area (Å²) in [5.74, 6) is 0.886. The number of hydrogen-bond donors (Lipinski definition) is 1. The minimum absolute atomic E-state index is 0.0583. The van der Waals surface area contributed by atoms with E-state index in [0.717, 1.165) is 50.4 Å². The largest absolute Gasteiger partial charge is 0.379 e. The molecule has 0 radical (unpaired) electrons. The van der Waals surface area contributed by atoms with Gasteiger partial charge in [0, 0.05) is 44.6 Å². The van der Waals surface area contributed by atoms with Crippen molar-refractivity contribution in [3.05, 3.63) is 58.4 Å². The quantitative estimate of drug-likeness (QED) is 0.859. The number of aromatic nitrogens is 1. The van der Waals surface area contributed by atoms with E-state index in [2.05, 4.69) is 45.1 Å². The van der Waals surface area contributed by atoms with E-state index in [1.165, 1.54) is 5.56 Å². The Balaban J connectivity index is 1.64. The van der Waals surface area contributed by atoms with Crippen molar-refractivity contribution in [3.63, 3.8) is 0 Å². The van der Waals surface area contributed by atoms with Crippen LogP contribution in [0.5, 0.6) is 0 Å². The van der Waals surface area contributed by atoms with Crippen LogP contribution in [-0.2, 0) is 15.9 Å². The lowest BCUT2D eigenvalue weighted by Gasteiger charge is -2.42. The normalized spacial score (nSPS) is 23.0. The third-order valence-corrected chi connectivity index (χ3v) is 5.81. The Kier molecular flexibility index (Phi) is 5.98. The van der Waals surface area contributed by atoms with Gasteiger partial charge in [-0.05, 0) is 24.8 Å². The van der Waals surface area contributed by atoms with Crippen LogP contribution in [0.15, 0.2) is 47.3 Å². The molecule has 2 aromatic rings. The summed E-state index contributed by atoms with van der Waals surface area (Å²) in [5.41, 5.74) is 2.20. The van der Waals surface area contributed by atoms with E-state index in [1.807, 2.05) is 6.07 Å². The molecule has 0 amide bonds. The maximum Gasteiger partial charge on any atom is 0.251 e. The molecule has 4 rings (SSSR count). The molecule has 2 aliphatic rings. The zero-order valence-corrected chi connectivity index (χ0v) is 16.5. The van der Waals surface area contributed by atoms with Crippen LogP contribution in [0.25, 0.3) is 0 Å². The predicted octanol–water partition coefficient (Wildman–Crippen LogP) is 2.44. The third-order valence-electron chi connectivity index (χ3n) is 5.81. The average Bonchev–Trinajstić information content (AvgIpc) is 2.75. The zero-order chi connectivity index (χ0) is 19.3. The third kappa shape index (κ3) is 4.23. The second kappa shape index (κ2) is 8.80. The summed E-state index contributed by atoms with van der Waals surface area (Å²) >= 11 is 0.